The van der Waals surface area contributed by atoms with Gasteiger partial charge in [-0.2, -0.15) is 0 Å². The van der Waals surface area contributed by atoms with Crippen molar-refractivity contribution >= 4 is 17.7 Å². The van der Waals surface area contributed by atoms with Crippen molar-refractivity contribution in [1.82, 2.24) is 20.1 Å². The van der Waals surface area contributed by atoms with Crippen molar-refractivity contribution in [1.29, 1.82) is 0 Å². The molecule has 0 saturated carbocycles. The van der Waals surface area contributed by atoms with E-state index in [0.29, 0.717) is 17.6 Å². The standard InChI is InChI=1S/C25H31FN4O2S/c1-16(2)21-8-6-7-9-22(21)32-18(5)24-28-29-25(30(24)17(3)4)33-15-23(31)27-14-19-10-12-20(26)13-11-19/h6-13,16-18H,14-15H2,1-5H3,(H,27,31). The minimum absolute atomic E-state index is 0.103. The zero-order chi connectivity index (χ0) is 24.0. The van der Waals surface area contributed by atoms with Crippen LogP contribution < -0.4 is 10.1 Å². The van der Waals surface area contributed by atoms with Gasteiger partial charge in [0.05, 0.1) is 5.75 Å². The Morgan fingerprint density at radius 1 is 1.06 bits per heavy atom. The number of rotatable bonds is 10. The van der Waals surface area contributed by atoms with E-state index in [4.69, 9.17) is 4.74 Å². The summed E-state index contributed by atoms with van der Waals surface area (Å²) in [5.74, 6) is 1.69. The van der Waals surface area contributed by atoms with Gasteiger partial charge in [0.2, 0.25) is 5.91 Å². The lowest BCUT2D eigenvalue weighted by Crippen LogP contribution is -2.24. The number of hydrogen-bond acceptors (Lipinski definition) is 5. The smallest absolute Gasteiger partial charge is 0.230 e. The van der Waals surface area contributed by atoms with Gasteiger partial charge in [-0.25, -0.2) is 4.39 Å². The van der Waals surface area contributed by atoms with Gasteiger partial charge in [0.15, 0.2) is 17.1 Å². The Morgan fingerprint density at radius 3 is 2.42 bits per heavy atom. The molecule has 1 amide bonds. The number of para-hydroxylation sites is 1. The van der Waals surface area contributed by atoms with Crippen LogP contribution in [0.5, 0.6) is 5.75 Å². The fraction of sp³-hybridized carbons (Fsp3) is 0.400. The third-order valence-corrected chi connectivity index (χ3v) is 6.09. The van der Waals surface area contributed by atoms with Gasteiger partial charge in [-0.3, -0.25) is 4.79 Å². The fourth-order valence-corrected chi connectivity index (χ4v) is 4.35. The van der Waals surface area contributed by atoms with Crippen LogP contribution in [-0.4, -0.2) is 26.4 Å². The van der Waals surface area contributed by atoms with Crippen LogP contribution in [0, 0.1) is 5.82 Å². The van der Waals surface area contributed by atoms with Crippen molar-refractivity contribution < 1.29 is 13.9 Å². The number of aromatic nitrogens is 3. The molecule has 3 aromatic rings. The summed E-state index contributed by atoms with van der Waals surface area (Å²) in [6.07, 6.45) is -0.304. The summed E-state index contributed by atoms with van der Waals surface area (Å²) in [7, 11) is 0. The molecule has 0 saturated heterocycles. The summed E-state index contributed by atoms with van der Waals surface area (Å²) < 4.78 is 21.3. The predicted octanol–water partition coefficient (Wildman–Crippen LogP) is 5.67. The Kier molecular flexibility index (Phi) is 8.49. The lowest BCUT2D eigenvalue weighted by atomic mass is 10.0. The van der Waals surface area contributed by atoms with Crippen molar-refractivity contribution in [3.63, 3.8) is 0 Å². The van der Waals surface area contributed by atoms with Gasteiger partial charge in [-0.15, -0.1) is 10.2 Å². The highest BCUT2D eigenvalue weighted by Gasteiger charge is 2.23. The number of nitrogens with one attached hydrogen (secondary N) is 1. The zero-order valence-electron chi connectivity index (χ0n) is 19.7. The quantitative estimate of drug-likeness (QED) is 0.387. The molecule has 1 aromatic heterocycles. The Balaban J connectivity index is 1.65. The van der Waals surface area contributed by atoms with Crippen LogP contribution >= 0.6 is 11.8 Å². The molecule has 0 aliphatic rings. The highest BCUT2D eigenvalue weighted by atomic mass is 32.2. The van der Waals surface area contributed by atoms with E-state index in [1.54, 1.807) is 12.1 Å². The van der Waals surface area contributed by atoms with Crippen LogP contribution in [0.2, 0.25) is 0 Å². The van der Waals surface area contributed by atoms with Crippen molar-refractivity contribution in [2.24, 2.45) is 0 Å². The van der Waals surface area contributed by atoms with Gasteiger partial charge in [0.25, 0.3) is 0 Å². The summed E-state index contributed by atoms with van der Waals surface area (Å²) in [6, 6.07) is 14.2. The van der Waals surface area contributed by atoms with Crippen molar-refractivity contribution in [3.05, 3.63) is 71.3 Å². The van der Waals surface area contributed by atoms with E-state index in [9.17, 15) is 9.18 Å². The Morgan fingerprint density at radius 2 is 1.76 bits per heavy atom. The number of nitrogens with zero attached hydrogens (tertiary/aromatic N) is 3. The van der Waals surface area contributed by atoms with Gasteiger partial charge in [-0.05, 0) is 56.0 Å². The minimum Gasteiger partial charge on any atom is -0.482 e. The number of amides is 1. The Hall–Kier alpha value is -2.87. The molecular weight excluding hydrogens is 439 g/mol. The Bertz CT molecular complexity index is 1070. The molecule has 0 spiro atoms. The predicted molar refractivity (Wildman–Crippen MR) is 129 cm³/mol. The molecule has 0 bridgehead atoms. The Labute approximate surface area is 199 Å². The van der Waals surface area contributed by atoms with Crippen LogP contribution in [0.1, 0.15) is 69.6 Å². The number of hydrogen-bond donors (Lipinski definition) is 1. The lowest BCUT2D eigenvalue weighted by molar-refractivity contribution is -0.118. The second-order valence-corrected chi connectivity index (χ2v) is 9.39. The van der Waals surface area contributed by atoms with Crippen LogP contribution in [0.25, 0.3) is 0 Å². The molecule has 1 unspecified atom stereocenters. The SMILES string of the molecule is CC(C)c1ccccc1OC(C)c1nnc(SCC(=O)NCc2ccc(F)cc2)n1C(C)C. The summed E-state index contributed by atoms with van der Waals surface area (Å²) >= 11 is 1.34. The molecule has 1 N–H and O–H groups in total. The molecule has 0 radical (unpaired) electrons. The first-order chi connectivity index (χ1) is 15.8. The first-order valence-electron chi connectivity index (χ1n) is 11.1. The maximum Gasteiger partial charge on any atom is 0.230 e. The van der Waals surface area contributed by atoms with Crippen LogP contribution in [0.3, 0.4) is 0 Å². The van der Waals surface area contributed by atoms with Crippen LogP contribution in [0.15, 0.2) is 53.7 Å². The summed E-state index contributed by atoms with van der Waals surface area (Å²) in [5.41, 5.74) is 1.99. The number of thioether (sulfide) groups is 1. The van der Waals surface area contributed by atoms with Gasteiger partial charge in [0, 0.05) is 12.6 Å². The minimum atomic E-state index is -0.304. The molecule has 33 heavy (non-hydrogen) atoms. The monoisotopic (exact) mass is 470 g/mol. The molecule has 2 aromatic carbocycles. The van der Waals surface area contributed by atoms with E-state index in [2.05, 4.69) is 49.3 Å². The zero-order valence-corrected chi connectivity index (χ0v) is 20.5. The molecule has 0 aliphatic carbocycles. The van der Waals surface area contributed by atoms with E-state index in [-0.39, 0.29) is 29.6 Å². The van der Waals surface area contributed by atoms with Gasteiger partial charge < -0.3 is 14.6 Å². The summed E-state index contributed by atoms with van der Waals surface area (Å²) in [4.78, 5) is 12.3. The maximum absolute atomic E-state index is 13.0. The average Bonchev–Trinajstić information content (AvgIpc) is 3.22. The summed E-state index contributed by atoms with van der Waals surface area (Å²) in [5, 5.41) is 12.2. The molecule has 6 nitrogen and oxygen atoms in total. The van der Waals surface area contributed by atoms with E-state index < -0.39 is 0 Å². The first-order valence-corrected chi connectivity index (χ1v) is 12.1. The third kappa shape index (κ3) is 6.57. The first kappa shape index (κ1) is 24.8. The van der Waals surface area contributed by atoms with Gasteiger partial charge in [-0.1, -0.05) is 55.9 Å². The topological polar surface area (TPSA) is 69.0 Å². The second kappa shape index (κ2) is 11.3. The molecule has 1 heterocycles. The number of carbonyl (C=O) groups excluding carboxylic acids is 1. The number of carbonyl (C=O) groups is 1. The lowest BCUT2D eigenvalue weighted by Gasteiger charge is -2.21. The summed E-state index contributed by atoms with van der Waals surface area (Å²) in [6.45, 7) is 10.7. The normalized spacial score (nSPS) is 12.2. The molecule has 3 rings (SSSR count). The van der Waals surface area contributed by atoms with Crippen LogP contribution in [0.4, 0.5) is 4.39 Å². The largest absolute Gasteiger partial charge is 0.482 e. The van der Waals surface area contributed by atoms with Gasteiger partial charge >= 0.3 is 0 Å². The molecule has 8 heteroatoms. The number of benzene rings is 2. The number of ether oxygens (including phenoxy) is 1. The van der Waals surface area contributed by atoms with E-state index in [1.165, 1.54) is 23.9 Å². The van der Waals surface area contributed by atoms with E-state index >= 15 is 0 Å². The fourth-order valence-electron chi connectivity index (χ4n) is 3.44. The van der Waals surface area contributed by atoms with Crippen molar-refractivity contribution in [3.8, 4) is 5.75 Å². The number of halogens is 1. The highest BCUT2D eigenvalue weighted by Crippen LogP contribution is 2.31. The third-order valence-electron chi connectivity index (χ3n) is 5.15. The highest BCUT2D eigenvalue weighted by molar-refractivity contribution is 7.99. The molecule has 0 aliphatic heterocycles. The van der Waals surface area contributed by atoms with Crippen molar-refractivity contribution in [2.75, 3.05) is 5.75 Å². The van der Waals surface area contributed by atoms with Crippen molar-refractivity contribution in [2.45, 2.75) is 64.4 Å². The second-order valence-electron chi connectivity index (χ2n) is 8.45. The van der Waals surface area contributed by atoms with Crippen LogP contribution in [-0.2, 0) is 11.3 Å². The average molecular weight is 471 g/mol. The van der Waals surface area contributed by atoms with E-state index in [1.807, 2.05) is 29.7 Å². The van der Waals surface area contributed by atoms with Gasteiger partial charge in [0.1, 0.15) is 11.6 Å². The van der Waals surface area contributed by atoms with E-state index in [0.717, 1.165) is 22.7 Å². The molecule has 0 fully saturated rings. The molecule has 176 valence electrons. The molecule has 1 atom stereocenters. The maximum atomic E-state index is 13.0. The molecular formula is C25H31FN4O2S.